The highest BCUT2D eigenvalue weighted by Gasteiger charge is 2.13. The van der Waals surface area contributed by atoms with E-state index < -0.39 is 0 Å². The van der Waals surface area contributed by atoms with E-state index in [0.29, 0.717) is 12.2 Å². The number of carbonyl (C=O) groups is 1. The third-order valence-corrected chi connectivity index (χ3v) is 3.17. The summed E-state index contributed by atoms with van der Waals surface area (Å²) in [4.78, 5) is 18.3. The molecule has 0 aliphatic carbocycles. The standard InChI is InChI=1S/C17H21N3O/c1-3-10-18-15-9-11-19-16(12-15)17(21)20(2)13-14-7-5-4-6-8-14/h4-9,11-12H,3,10,13H2,1-2H3,(H,18,19). The molecule has 0 fully saturated rings. The first-order chi connectivity index (χ1) is 10.2. The highest BCUT2D eigenvalue weighted by Crippen LogP contribution is 2.11. The fraction of sp³-hybridized carbons (Fsp3) is 0.294. The topological polar surface area (TPSA) is 45.2 Å². The van der Waals surface area contributed by atoms with Crippen LogP contribution in [0.5, 0.6) is 0 Å². The lowest BCUT2D eigenvalue weighted by Crippen LogP contribution is -2.27. The summed E-state index contributed by atoms with van der Waals surface area (Å²) in [5.41, 5.74) is 2.51. The Balaban J connectivity index is 2.05. The van der Waals surface area contributed by atoms with Crippen LogP contribution in [0.15, 0.2) is 48.7 Å². The normalized spacial score (nSPS) is 10.2. The fourth-order valence-corrected chi connectivity index (χ4v) is 2.05. The first-order valence-electron chi connectivity index (χ1n) is 7.20. The summed E-state index contributed by atoms with van der Waals surface area (Å²) in [6.07, 6.45) is 2.71. The summed E-state index contributed by atoms with van der Waals surface area (Å²) < 4.78 is 0. The Morgan fingerprint density at radius 3 is 2.71 bits per heavy atom. The van der Waals surface area contributed by atoms with Crippen molar-refractivity contribution in [3.8, 4) is 0 Å². The molecule has 0 aliphatic heterocycles. The molecule has 1 aromatic carbocycles. The Morgan fingerprint density at radius 1 is 1.24 bits per heavy atom. The minimum atomic E-state index is -0.0704. The molecule has 1 aromatic heterocycles. The van der Waals surface area contributed by atoms with Crippen LogP contribution in [0.3, 0.4) is 0 Å². The van der Waals surface area contributed by atoms with Crippen molar-refractivity contribution in [2.75, 3.05) is 18.9 Å². The molecule has 4 nitrogen and oxygen atoms in total. The quantitative estimate of drug-likeness (QED) is 0.885. The molecular formula is C17H21N3O. The zero-order chi connectivity index (χ0) is 15.1. The van der Waals surface area contributed by atoms with Gasteiger partial charge in [0.05, 0.1) is 0 Å². The summed E-state index contributed by atoms with van der Waals surface area (Å²) in [6, 6.07) is 13.6. The van der Waals surface area contributed by atoms with E-state index >= 15 is 0 Å². The van der Waals surface area contributed by atoms with Crippen molar-refractivity contribution in [2.24, 2.45) is 0 Å². The summed E-state index contributed by atoms with van der Waals surface area (Å²) in [7, 11) is 1.79. The van der Waals surface area contributed by atoms with Crippen LogP contribution in [0.2, 0.25) is 0 Å². The number of nitrogens with one attached hydrogen (secondary N) is 1. The molecule has 0 aliphatic rings. The van der Waals surface area contributed by atoms with Gasteiger partial charge < -0.3 is 10.2 Å². The third kappa shape index (κ3) is 4.31. The van der Waals surface area contributed by atoms with Crippen LogP contribution in [0, 0.1) is 0 Å². The SMILES string of the molecule is CCCNc1ccnc(C(=O)N(C)Cc2ccccc2)c1. The van der Waals surface area contributed by atoms with Gasteiger partial charge in [0.2, 0.25) is 0 Å². The maximum absolute atomic E-state index is 12.4. The lowest BCUT2D eigenvalue weighted by molar-refractivity contribution is 0.0779. The largest absolute Gasteiger partial charge is 0.385 e. The Bertz CT molecular complexity index is 584. The number of hydrogen-bond acceptors (Lipinski definition) is 3. The zero-order valence-corrected chi connectivity index (χ0v) is 12.5. The minimum absolute atomic E-state index is 0.0704. The van der Waals surface area contributed by atoms with E-state index in [1.54, 1.807) is 24.2 Å². The second kappa shape index (κ2) is 7.43. The van der Waals surface area contributed by atoms with Gasteiger partial charge in [0.25, 0.3) is 5.91 Å². The number of aromatic nitrogens is 1. The number of amides is 1. The van der Waals surface area contributed by atoms with Crippen molar-refractivity contribution >= 4 is 11.6 Å². The monoisotopic (exact) mass is 283 g/mol. The molecule has 110 valence electrons. The maximum atomic E-state index is 12.4. The predicted octanol–water partition coefficient (Wildman–Crippen LogP) is 3.18. The van der Waals surface area contributed by atoms with Gasteiger partial charge >= 0.3 is 0 Å². The third-order valence-electron chi connectivity index (χ3n) is 3.17. The van der Waals surface area contributed by atoms with Crippen molar-refractivity contribution in [1.82, 2.24) is 9.88 Å². The number of pyridine rings is 1. The van der Waals surface area contributed by atoms with Crippen molar-refractivity contribution < 1.29 is 4.79 Å². The summed E-state index contributed by atoms with van der Waals surface area (Å²) in [6.45, 7) is 3.57. The number of anilines is 1. The molecule has 0 unspecified atom stereocenters. The van der Waals surface area contributed by atoms with Gasteiger partial charge in [-0.05, 0) is 24.1 Å². The number of nitrogens with zero attached hydrogens (tertiary/aromatic N) is 2. The lowest BCUT2D eigenvalue weighted by atomic mass is 10.2. The van der Waals surface area contributed by atoms with Gasteiger partial charge in [-0.1, -0.05) is 37.3 Å². The second-order valence-corrected chi connectivity index (χ2v) is 5.00. The Hall–Kier alpha value is -2.36. The first-order valence-corrected chi connectivity index (χ1v) is 7.20. The van der Waals surface area contributed by atoms with Gasteiger partial charge in [-0.25, -0.2) is 0 Å². The van der Waals surface area contributed by atoms with Crippen LogP contribution in [0.4, 0.5) is 5.69 Å². The predicted molar refractivity (Wildman–Crippen MR) is 85.3 cm³/mol. The minimum Gasteiger partial charge on any atom is -0.385 e. The van der Waals surface area contributed by atoms with E-state index in [-0.39, 0.29) is 5.91 Å². The lowest BCUT2D eigenvalue weighted by Gasteiger charge is -2.17. The van der Waals surface area contributed by atoms with Gasteiger partial charge in [-0.2, -0.15) is 0 Å². The molecule has 21 heavy (non-hydrogen) atoms. The zero-order valence-electron chi connectivity index (χ0n) is 12.5. The molecule has 1 heterocycles. The second-order valence-electron chi connectivity index (χ2n) is 5.00. The average Bonchev–Trinajstić information content (AvgIpc) is 2.53. The van der Waals surface area contributed by atoms with Crippen molar-refractivity contribution in [3.05, 3.63) is 59.9 Å². The Kier molecular flexibility index (Phi) is 5.32. The number of carbonyl (C=O) groups excluding carboxylic acids is 1. The molecule has 0 saturated carbocycles. The van der Waals surface area contributed by atoms with Crippen LogP contribution in [-0.4, -0.2) is 29.4 Å². The van der Waals surface area contributed by atoms with Gasteiger partial charge in [-0.15, -0.1) is 0 Å². The van der Waals surface area contributed by atoms with Crippen LogP contribution in [0.1, 0.15) is 29.4 Å². The highest BCUT2D eigenvalue weighted by molar-refractivity contribution is 5.92. The molecule has 0 saturated heterocycles. The van der Waals surface area contributed by atoms with Gasteiger partial charge in [0.1, 0.15) is 5.69 Å². The summed E-state index contributed by atoms with van der Waals surface area (Å²) in [5, 5.41) is 3.27. The van der Waals surface area contributed by atoms with E-state index in [1.807, 2.05) is 36.4 Å². The molecule has 2 rings (SSSR count). The molecule has 1 N–H and O–H groups in total. The Morgan fingerprint density at radius 2 is 2.00 bits per heavy atom. The van der Waals surface area contributed by atoms with Crippen LogP contribution >= 0.6 is 0 Å². The molecule has 0 atom stereocenters. The van der Waals surface area contributed by atoms with Crippen molar-refractivity contribution in [2.45, 2.75) is 19.9 Å². The van der Waals surface area contributed by atoms with Crippen LogP contribution < -0.4 is 5.32 Å². The molecular weight excluding hydrogens is 262 g/mol. The summed E-state index contributed by atoms with van der Waals surface area (Å²) >= 11 is 0. The van der Waals surface area contributed by atoms with E-state index in [4.69, 9.17) is 0 Å². The van der Waals surface area contributed by atoms with E-state index in [0.717, 1.165) is 24.2 Å². The van der Waals surface area contributed by atoms with Crippen LogP contribution in [0.25, 0.3) is 0 Å². The van der Waals surface area contributed by atoms with Gasteiger partial charge in [-0.3, -0.25) is 9.78 Å². The average molecular weight is 283 g/mol. The first kappa shape index (κ1) is 15.0. The molecule has 0 bridgehead atoms. The smallest absolute Gasteiger partial charge is 0.272 e. The molecule has 0 radical (unpaired) electrons. The van der Waals surface area contributed by atoms with Crippen LogP contribution in [-0.2, 0) is 6.54 Å². The van der Waals surface area contributed by atoms with Gasteiger partial charge in [0.15, 0.2) is 0 Å². The van der Waals surface area contributed by atoms with E-state index in [9.17, 15) is 4.79 Å². The summed E-state index contributed by atoms with van der Waals surface area (Å²) in [5.74, 6) is -0.0704. The number of hydrogen-bond donors (Lipinski definition) is 1. The van der Waals surface area contributed by atoms with E-state index in [2.05, 4.69) is 17.2 Å². The fourth-order valence-electron chi connectivity index (χ4n) is 2.05. The molecule has 1 amide bonds. The number of benzene rings is 1. The number of rotatable bonds is 6. The van der Waals surface area contributed by atoms with Crippen molar-refractivity contribution in [3.63, 3.8) is 0 Å². The highest BCUT2D eigenvalue weighted by atomic mass is 16.2. The molecule has 4 heteroatoms. The van der Waals surface area contributed by atoms with E-state index in [1.165, 1.54) is 0 Å². The van der Waals surface area contributed by atoms with Crippen molar-refractivity contribution in [1.29, 1.82) is 0 Å². The molecule has 0 spiro atoms. The Labute approximate surface area is 125 Å². The maximum Gasteiger partial charge on any atom is 0.272 e. The molecule has 2 aromatic rings. The van der Waals surface area contributed by atoms with Gasteiger partial charge in [0, 0.05) is 32.0 Å².